The highest BCUT2D eigenvalue weighted by Gasteiger charge is 2.31. The lowest BCUT2D eigenvalue weighted by Gasteiger charge is -2.21. The quantitative estimate of drug-likeness (QED) is 0.382. The molecule has 0 saturated carbocycles. The third-order valence-corrected chi connectivity index (χ3v) is 5.46. The number of fused-ring (bicyclic) bond motifs is 1. The number of rotatable bonds is 8. The second kappa shape index (κ2) is 10.2. The molecule has 7 heteroatoms. The lowest BCUT2D eigenvalue weighted by Crippen LogP contribution is -2.40. The summed E-state index contributed by atoms with van der Waals surface area (Å²) in [7, 11) is 4.01. The van der Waals surface area contributed by atoms with Crippen LogP contribution in [0.25, 0.3) is 5.57 Å². The van der Waals surface area contributed by atoms with Gasteiger partial charge in [0.2, 0.25) is 12.2 Å². The van der Waals surface area contributed by atoms with Gasteiger partial charge in [0.15, 0.2) is 0 Å². The van der Waals surface area contributed by atoms with Crippen LogP contribution in [0.15, 0.2) is 53.4 Å². The third kappa shape index (κ3) is 5.11. The summed E-state index contributed by atoms with van der Waals surface area (Å²) >= 11 is 0. The first-order valence-electron chi connectivity index (χ1n) is 10.6. The van der Waals surface area contributed by atoms with Crippen LogP contribution in [0.1, 0.15) is 38.2 Å². The van der Waals surface area contributed by atoms with Crippen LogP contribution in [-0.2, 0) is 9.59 Å². The fraction of sp³-hybridized carbons (Fsp3) is 0.375. The summed E-state index contributed by atoms with van der Waals surface area (Å²) in [5, 5.41) is 6.03. The molecule has 1 aliphatic heterocycles. The van der Waals surface area contributed by atoms with Gasteiger partial charge >= 0.3 is 6.03 Å². The molecule has 2 aliphatic rings. The van der Waals surface area contributed by atoms with E-state index in [0.717, 1.165) is 42.8 Å². The normalized spacial score (nSPS) is 16.8. The van der Waals surface area contributed by atoms with Gasteiger partial charge in [-0.05, 0) is 64.9 Å². The maximum atomic E-state index is 12.9. The molecular formula is C24H30N4O3. The average Bonchev–Trinajstić information content (AvgIpc) is 3.10. The number of urea groups is 1. The Hall–Kier alpha value is -3.19. The van der Waals surface area contributed by atoms with Gasteiger partial charge in [0.25, 0.3) is 0 Å². The summed E-state index contributed by atoms with van der Waals surface area (Å²) in [5.41, 5.74) is 3.82. The lowest BCUT2D eigenvalue weighted by atomic mass is 9.98. The highest BCUT2D eigenvalue weighted by Crippen LogP contribution is 2.34. The standard InChI is InChI=1S/C24H30N4O3/c1-17(22-23(30)19-11-4-6-12-20(19)26-22)18-10-5-7-13-21(18)28(16-29)24(31)25-14-8-9-15-27(2)3/h5,7,10-13,16,26H,4,6,8-9,14-15H2,1-3H3,(H,25,31)/b22-17+. The maximum absolute atomic E-state index is 12.9. The van der Waals surface area contributed by atoms with Crippen molar-refractivity contribution in [2.75, 3.05) is 32.1 Å². The fourth-order valence-electron chi connectivity index (χ4n) is 3.78. The number of hydrogen-bond acceptors (Lipinski definition) is 5. The van der Waals surface area contributed by atoms with Crippen molar-refractivity contribution in [2.24, 2.45) is 0 Å². The molecule has 3 amide bonds. The van der Waals surface area contributed by atoms with Crippen molar-refractivity contribution in [3.8, 4) is 0 Å². The van der Waals surface area contributed by atoms with E-state index in [1.807, 2.05) is 45.3 Å². The molecule has 164 valence electrons. The molecule has 3 rings (SSSR count). The minimum atomic E-state index is -0.477. The minimum absolute atomic E-state index is 0.0544. The highest BCUT2D eigenvalue weighted by molar-refractivity contribution is 6.19. The third-order valence-electron chi connectivity index (χ3n) is 5.46. The first-order chi connectivity index (χ1) is 14.9. The number of allylic oxidation sites excluding steroid dienone is 5. The van der Waals surface area contributed by atoms with E-state index in [9.17, 15) is 14.4 Å². The molecular weight excluding hydrogens is 392 g/mol. The van der Waals surface area contributed by atoms with Gasteiger partial charge < -0.3 is 15.5 Å². The molecule has 1 fully saturated rings. The Morgan fingerprint density at radius 2 is 1.90 bits per heavy atom. The summed E-state index contributed by atoms with van der Waals surface area (Å²) in [5.74, 6) is -0.0544. The first kappa shape index (κ1) is 22.5. The molecule has 0 atom stereocenters. The zero-order chi connectivity index (χ0) is 22.4. The van der Waals surface area contributed by atoms with E-state index in [-0.39, 0.29) is 5.78 Å². The van der Waals surface area contributed by atoms with Gasteiger partial charge in [0, 0.05) is 23.4 Å². The number of para-hydroxylation sites is 1. The second-order valence-corrected chi connectivity index (χ2v) is 8.00. The zero-order valence-corrected chi connectivity index (χ0v) is 18.4. The summed E-state index contributed by atoms with van der Waals surface area (Å²) in [4.78, 5) is 40.6. The molecule has 1 saturated heterocycles. The Morgan fingerprint density at radius 1 is 1.16 bits per heavy atom. The predicted molar refractivity (Wildman–Crippen MR) is 122 cm³/mol. The number of nitrogens with one attached hydrogen (secondary N) is 2. The van der Waals surface area contributed by atoms with Crippen molar-refractivity contribution in [1.29, 1.82) is 0 Å². The van der Waals surface area contributed by atoms with Crippen LogP contribution >= 0.6 is 0 Å². The van der Waals surface area contributed by atoms with E-state index in [2.05, 4.69) is 15.5 Å². The molecule has 7 nitrogen and oxygen atoms in total. The Balaban J connectivity index is 1.81. The first-order valence-corrected chi connectivity index (χ1v) is 10.6. The van der Waals surface area contributed by atoms with E-state index in [0.29, 0.717) is 41.0 Å². The van der Waals surface area contributed by atoms with Crippen LogP contribution in [0.2, 0.25) is 0 Å². The summed E-state index contributed by atoms with van der Waals surface area (Å²) in [6, 6.07) is 6.65. The molecule has 0 bridgehead atoms. The van der Waals surface area contributed by atoms with E-state index in [1.54, 1.807) is 12.1 Å². The van der Waals surface area contributed by atoms with Crippen LogP contribution < -0.4 is 15.5 Å². The van der Waals surface area contributed by atoms with E-state index in [1.165, 1.54) is 0 Å². The number of carbonyl (C=O) groups is 3. The molecule has 31 heavy (non-hydrogen) atoms. The zero-order valence-electron chi connectivity index (χ0n) is 18.4. The Labute approximate surface area is 183 Å². The van der Waals surface area contributed by atoms with Crippen molar-refractivity contribution in [3.05, 3.63) is 58.9 Å². The van der Waals surface area contributed by atoms with Gasteiger partial charge in [-0.1, -0.05) is 30.4 Å². The fourth-order valence-corrected chi connectivity index (χ4v) is 3.78. The number of nitrogens with zero attached hydrogens (tertiary/aromatic N) is 2. The van der Waals surface area contributed by atoms with Gasteiger partial charge in [-0.3, -0.25) is 9.59 Å². The van der Waals surface area contributed by atoms with Crippen LogP contribution in [-0.4, -0.2) is 50.3 Å². The monoisotopic (exact) mass is 422 g/mol. The second-order valence-electron chi connectivity index (χ2n) is 8.00. The average molecular weight is 423 g/mol. The number of amides is 3. The number of benzene rings is 1. The van der Waals surface area contributed by atoms with Gasteiger partial charge in [0.05, 0.1) is 11.4 Å². The van der Waals surface area contributed by atoms with Gasteiger partial charge in [-0.2, -0.15) is 0 Å². The molecule has 1 heterocycles. The Morgan fingerprint density at radius 3 is 2.61 bits per heavy atom. The van der Waals surface area contributed by atoms with E-state index in [4.69, 9.17) is 0 Å². The lowest BCUT2D eigenvalue weighted by molar-refractivity contribution is -0.111. The van der Waals surface area contributed by atoms with Crippen molar-refractivity contribution < 1.29 is 14.4 Å². The number of hydrogen-bond donors (Lipinski definition) is 2. The molecule has 1 aliphatic carbocycles. The van der Waals surface area contributed by atoms with Crippen molar-refractivity contribution in [3.63, 3.8) is 0 Å². The molecule has 2 N–H and O–H groups in total. The van der Waals surface area contributed by atoms with Gasteiger partial charge in [-0.25, -0.2) is 9.69 Å². The van der Waals surface area contributed by atoms with Crippen molar-refractivity contribution in [2.45, 2.75) is 32.6 Å². The van der Waals surface area contributed by atoms with Crippen LogP contribution in [0, 0.1) is 0 Å². The van der Waals surface area contributed by atoms with Gasteiger partial charge in [-0.15, -0.1) is 0 Å². The summed E-state index contributed by atoms with van der Waals surface area (Å²) in [6.45, 7) is 3.26. The summed E-state index contributed by atoms with van der Waals surface area (Å²) in [6.07, 6.45) is 8.03. The number of unbranched alkanes of at least 4 members (excludes halogenated alkanes) is 1. The van der Waals surface area contributed by atoms with E-state index < -0.39 is 6.03 Å². The number of carbonyl (C=O) groups excluding carboxylic acids is 3. The molecule has 1 aromatic carbocycles. The molecule has 1 aromatic rings. The minimum Gasteiger partial charge on any atom is -0.352 e. The molecule has 0 spiro atoms. The van der Waals surface area contributed by atoms with Crippen molar-refractivity contribution in [1.82, 2.24) is 15.5 Å². The Bertz CT molecular complexity index is 959. The van der Waals surface area contributed by atoms with E-state index >= 15 is 0 Å². The molecule has 0 unspecified atom stereocenters. The summed E-state index contributed by atoms with van der Waals surface area (Å²) < 4.78 is 0. The number of Topliss-reactive ketones (excluding diaryl/α,β-unsaturated/α-hetero) is 1. The predicted octanol–water partition coefficient (Wildman–Crippen LogP) is 3.21. The number of anilines is 1. The van der Waals surface area contributed by atoms with Crippen LogP contribution in [0.4, 0.5) is 10.5 Å². The van der Waals surface area contributed by atoms with Gasteiger partial charge in [0.1, 0.15) is 0 Å². The molecule has 0 aromatic heterocycles. The largest absolute Gasteiger partial charge is 0.352 e. The topological polar surface area (TPSA) is 81.8 Å². The SMILES string of the molecule is C/C(=C1\NC2=CCCC=C2C1=O)c1ccccc1N(C=O)C(=O)NCCCCN(C)C. The highest BCUT2D eigenvalue weighted by atomic mass is 16.2. The molecule has 0 radical (unpaired) electrons. The Kier molecular flexibility index (Phi) is 7.41. The smallest absolute Gasteiger partial charge is 0.328 e. The van der Waals surface area contributed by atoms with Crippen LogP contribution in [0.5, 0.6) is 0 Å². The van der Waals surface area contributed by atoms with Crippen LogP contribution in [0.3, 0.4) is 0 Å². The number of imide groups is 1. The van der Waals surface area contributed by atoms with Crippen molar-refractivity contribution >= 4 is 29.5 Å². The maximum Gasteiger partial charge on any atom is 0.328 e. The number of ketones is 1.